The van der Waals surface area contributed by atoms with Crippen LogP contribution < -0.4 is 5.73 Å². The van der Waals surface area contributed by atoms with Gasteiger partial charge in [-0.05, 0) is 42.7 Å². The Morgan fingerprint density at radius 1 is 1.00 bits per heavy atom. The summed E-state index contributed by atoms with van der Waals surface area (Å²) in [5.74, 6) is -0.786. The Kier molecular flexibility index (Phi) is 4.36. The van der Waals surface area contributed by atoms with Crippen molar-refractivity contribution >= 4 is 17.8 Å². The lowest BCUT2D eigenvalue weighted by Gasteiger charge is -2.26. The standard InChI is InChI=1S/C26H22N4O4/c27-22(31)17-3-1-16(2-4-17)21-6-5-18(13-29-21)25(8-9-25)24(33)30-12-10-26(15-30)20-7-11-28-14-19(20)23(32)34-26/h1-7,11,13-14H,8-10,12,15H2,(H2,27,31). The van der Waals surface area contributed by atoms with Crippen molar-refractivity contribution in [3.05, 3.63) is 83.3 Å². The quantitative estimate of drug-likeness (QED) is 0.606. The molecule has 3 aliphatic rings. The van der Waals surface area contributed by atoms with Gasteiger partial charge in [-0.2, -0.15) is 0 Å². The zero-order valence-corrected chi connectivity index (χ0v) is 18.4. The molecule has 8 nitrogen and oxygen atoms in total. The van der Waals surface area contributed by atoms with Crippen LogP contribution in [-0.4, -0.2) is 45.7 Å². The van der Waals surface area contributed by atoms with Gasteiger partial charge in [0.15, 0.2) is 5.60 Å². The first kappa shape index (κ1) is 20.5. The number of benzene rings is 1. The van der Waals surface area contributed by atoms with Gasteiger partial charge in [-0.3, -0.25) is 19.6 Å². The fourth-order valence-corrected chi connectivity index (χ4v) is 5.21. The van der Waals surface area contributed by atoms with Crippen molar-refractivity contribution in [2.45, 2.75) is 30.3 Å². The number of pyridine rings is 2. The van der Waals surface area contributed by atoms with E-state index < -0.39 is 16.9 Å². The molecule has 2 fully saturated rings. The van der Waals surface area contributed by atoms with E-state index in [1.54, 1.807) is 36.7 Å². The Hall–Kier alpha value is -4.07. The molecule has 1 aromatic carbocycles. The molecular weight excluding hydrogens is 432 g/mol. The number of nitrogens with zero attached hydrogens (tertiary/aromatic N) is 3. The van der Waals surface area contributed by atoms with Crippen molar-refractivity contribution in [2.75, 3.05) is 13.1 Å². The Morgan fingerprint density at radius 3 is 2.47 bits per heavy atom. The van der Waals surface area contributed by atoms with Crippen molar-refractivity contribution in [3.8, 4) is 11.3 Å². The van der Waals surface area contributed by atoms with Crippen molar-refractivity contribution in [1.29, 1.82) is 0 Å². The van der Waals surface area contributed by atoms with Crippen LogP contribution in [-0.2, 0) is 20.5 Å². The molecular formula is C26H22N4O4. The first-order chi connectivity index (χ1) is 16.4. The van der Waals surface area contributed by atoms with Gasteiger partial charge < -0.3 is 15.4 Å². The number of fused-ring (bicyclic) bond motifs is 2. The fraction of sp³-hybridized carbons (Fsp3) is 0.269. The highest BCUT2D eigenvalue weighted by molar-refractivity contribution is 5.96. The van der Waals surface area contributed by atoms with Gasteiger partial charge >= 0.3 is 5.97 Å². The minimum absolute atomic E-state index is 0.0586. The van der Waals surface area contributed by atoms with Crippen molar-refractivity contribution in [2.24, 2.45) is 5.73 Å². The maximum absolute atomic E-state index is 13.6. The second-order valence-electron chi connectivity index (χ2n) is 9.24. The normalized spacial score (nSPS) is 21.9. The SMILES string of the molecule is NC(=O)c1ccc(-c2ccc(C3(C(=O)N4CCC5(C4)OC(=O)c4cnccc45)CC3)cn2)cc1. The summed E-state index contributed by atoms with van der Waals surface area (Å²) in [4.78, 5) is 47.7. The molecule has 8 heteroatoms. The summed E-state index contributed by atoms with van der Waals surface area (Å²) < 4.78 is 5.77. The van der Waals surface area contributed by atoms with E-state index in [0.717, 1.165) is 35.2 Å². The number of amides is 2. The van der Waals surface area contributed by atoms with Crippen molar-refractivity contribution in [3.63, 3.8) is 0 Å². The molecule has 1 unspecified atom stereocenters. The molecule has 1 saturated carbocycles. The summed E-state index contributed by atoms with van der Waals surface area (Å²) in [5.41, 5.74) is 8.22. The van der Waals surface area contributed by atoms with Crippen LogP contribution in [0.3, 0.4) is 0 Å². The number of rotatable bonds is 4. The number of nitrogens with two attached hydrogens (primary N) is 1. The average molecular weight is 454 g/mol. The Labute approximate surface area is 195 Å². The molecule has 2 N–H and O–H groups in total. The second-order valence-corrected chi connectivity index (χ2v) is 9.24. The minimum atomic E-state index is -0.778. The summed E-state index contributed by atoms with van der Waals surface area (Å²) in [6.45, 7) is 0.890. The van der Waals surface area contributed by atoms with Gasteiger partial charge in [-0.15, -0.1) is 0 Å². The number of carbonyl (C=O) groups is 3. The number of esters is 1. The average Bonchev–Trinajstić information content (AvgIpc) is 3.50. The van der Waals surface area contributed by atoms with Crippen LogP contribution >= 0.6 is 0 Å². The van der Waals surface area contributed by atoms with E-state index in [0.29, 0.717) is 30.6 Å². The smallest absolute Gasteiger partial charge is 0.341 e. The van der Waals surface area contributed by atoms with E-state index in [1.807, 2.05) is 23.1 Å². The van der Waals surface area contributed by atoms with Crippen molar-refractivity contribution < 1.29 is 19.1 Å². The van der Waals surface area contributed by atoms with Crippen LogP contribution in [0.15, 0.2) is 61.1 Å². The van der Waals surface area contributed by atoms with E-state index in [1.165, 1.54) is 6.20 Å². The number of aromatic nitrogens is 2. The van der Waals surface area contributed by atoms with E-state index in [4.69, 9.17) is 10.5 Å². The maximum atomic E-state index is 13.6. The van der Waals surface area contributed by atoms with Gasteiger partial charge in [0.25, 0.3) is 0 Å². The molecule has 0 radical (unpaired) electrons. The lowest BCUT2D eigenvalue weighted by molar-refractivity contribution is -0.134. The highest BCUT2D eigenvalue weighted by atomic mass is 16.6. The molecule has 1 spiro atoms. The van der Waals surface area contributed by atoms with E-state index in [2.05, 4.69) is 9.97 Å². The molecule has 2 amide bonds. The van der Waals surface area contributed by atoms with Crippen LogP contribution in [0.2, 0.25) is 0 Å². The molecule has 3 aromatic rings. The van der Waals surface area contributed by atoms with Crippen LogP contribution in [0.25, 0.3) is 11.3 Å². The van der Waals surface area contributed by atoms with Crippen LogP contribution in [0.1, 0.15) is 51.1 Å². The molecule has 0 bridgehead atoms. The van der Waals surface area contributed by atoms with Gasteiger partial charge in [0.05, 0.1) is 23.2 Å². The van der Waals surface area contributed by atoms with Gasteiger partial charge in [-0.1, -0.05) is 18.2 Å². The van der Waals surface area contributed by atoms with Gasteiger partial charge in [0.2, 0.25) is 11.8 Å². The van der Waals surface area contributed by atoms with E-state index in [9.17, 15) is 14.4 Å². The molecule has 1 atom stereocenters. The predicted octanol–water partition coefficient (Wildman–Crippen LogP) is 2.57. The van der Waals surface area contributed by atoms with Crippen LogP contribution in [0, 0.1) is 0 Å². The number of hydrogen-bond acceptors (Lipinski definition) is 6. The number of carbonyl (C=O) groups excluding carboxylic acids is 3. The summed E-state index contributed by atoms with van der Waals surface area (Å²) in [6.07, 6.45) is 7.08. The summed E-state index contributed by atoms with van der Waals surface area (Å²) in [5, 5.41) is 0. The maximum Gasteiger partial charge on any atom is 0.341 e. The zero-order valence-electron chi connectivity index (χ0n) is 18.4. The highest BCUT2D eigenvalue weighted by Gasteiger charge is 2.58. The minimum Gasteiger partial charge on any atom is -0.449 e. The van der Waals surface area contributed by atoms with Crippen molar-refractivity contribution in [1.82, 2.24) is 14.9 Å². The van der Waals surface area contributed by atoms with Gasteiger partial charge in [0, 0.05) is 48.2 Å². The summed E-state index contributed by atoms with van der Waals surface area (Å²) in [7, 11) is 0. The van der Waals surface area contributed by atoms with Crippen LogP contribution in [0.4, 0.5) is 0 Å². The molecule has 34 heavy (non-hydrogen) atoms. The third-order valence-electron chi connectivity index (χ3n) is 7.28. The van der Waals surface area contributed by atoms with Crippen LogP contribution in [0.5, 0.6) is 0 Å². The number of hydrogen-bond donors (Lipinski definition) is 1. The Balaban J connectivity index is 1.22. The van der Waals surface area contributed by atoms with E-state index in [-0.39, 0.29) is 11.9 Å². The Bertz CT molecular complexity index is 1330. The molecule has 2 aliphatic heterocycles. The monoisotopic (exact) mass is 454 g/mol. The third-order valence-corrected chi connectivity index (χ3v) is 7.28. The Morgan fingerprint density at radius 2 is 1.79 bits per heavy atom. The largest absolute Gasteiger partial charge is 0.449 e. The van der Waals surface area contributed by atoms with Gasteiger partial charge in [0.1, 0.15) is 0 Å². The molecule has 170 valence electrons. The molecule has 1 saturated heterocycles. The number of likely N-dealkylation sites (tertiary alicyclic amines) is 1. The third kappa shape index (κ3) is 3.02. The molecule has 4 heterocycles. The zero-order chi connectivity index (χ0) is 23.5. The molecule has 6 rings (SSSR count). The fourth-order valence-electron chi connectivity index (χ4n) is 5.21. The summed E-state index contributed by atoms with van der Waals surface area (Å²) >= 11 is 0. The molecule has 1 aliphatic carbocycles. The molecule has 2 aromatic heterocycles. The van der Waals surface area contributed by atoms with E-state index >= 15 is 0 Å². The first-order valence-electron chi connectivity index (χ1n) is 11.3. The summed E-state index contributed by atoms with van der Waals surface area (Å²) in [6, 6.07) is 12.6. The second kappa shape index (κ2) is 7.21. The highest BCUT2D eigenvalue weighted by Crippen LogP contribution is 2.52. The number of ether oxygens (including phenoxy) is 1. The number of primary amides is 1. The van der Waals surface area contributed by atoms with Gasteiger partial charge in [-0.25, -0.2) is 4.79 Å². The first-order valence-corrected chi connectivity index (χ1v) is 11.3. The lowest BCUT2D eigenvalue weighted by atomic mass is 9.92. The predicted molar refractivity (Wildman–Crippen MR) is 122 cm³/mol. The lowest BCUT2D eigenvalue weighted by Crippen LogP contribution is -2.40. The topological polar surface area (TPSA) is 115 Å².